The van der Waals surface area contributed by atoms with Crippen molar-refractivity contribution in [1.82, 2.24) is 10.2 Å². The Kier molecular flexibility index (Phi) is 15.9. The van der Waals surface area contributed by atoms with Gasteiger partial charge >= 0.3 is 0 Å². The number of hydrogen-bond donors (Lipinski definition) is 3. The van der Waals surface area contributed by atoms with Crippen LogP contribution in [0.4, 0.5) is 5.69 Å². The van der Waals surface area contributed by atoms with Crippen LogP contribution in [0.2, 0.25) is 0 Å². The van der Waals surface area contributed by atoms with Crippen LogP contribution in [0.1, 0.15) is 11.3 Å². The SMILES string of the molecule is ClCCBr.NCCOc1cccc2n[nH]c(Cc3cccc4ccccc34)c12.O=S(=O)(CCl)c1cccc2ccccc12.O=[N+]([O-])c1cccc(O)c1. The number of alkyl halides is 3. The van der Waals surface area contributed by atoms with E-state index in [1.165, 1.54) is 34.5 Å². The maximum Gasteiger partial charge on any atom is 0.273 e. The van der Waals surface area contributed by atoms with E-state index in [2.05, 4.69) is 68.6 Å². The molecule has 0 aliphatic carbocycles. The van der Waals surface area contributed by atoms with Crippen LogP contribution in [0.25, 0.3) is 32.4 Å². The highest BCUT2D eigenvalue weighted by molar-refractivity contribution is 9.09. The van der Waals surface area contributed by atoms with E-state index in [1.54, 1.807) is 18.2 Å². The smallest absolute Gasteiger partial charge is 0.273 e. The molecule has 276 valence electrons. The summed E-state index contributed by atoms with van der Waals surface area (Å²) < 4.78 is 29.2. The number of nitrogens with one attached hydrogen (secondary N) is 1. The molecule has 1 aromatic heterocycles. The molecule has 0 fully saturated rings. The molecule has 10 nitrogen and oxygen atoms in total. The molecule has 14 heteroatoms. The van der Waals surface area contributed by atoms with Crippen molar-refractivity contribution in [2.45, 2.75) is 11.3 Å². The van der Waals surface area contributed by atoms with Gasteiger partial charge in [0, 0.05) is 35.6 Å². The molecule has 7 aromatic rings. The number of ether oxygens (including phenoxy) is 1. The summed E-state index contributed by atoms with van der Waals surface area (Å²) in [4.78, 5) is 9.79. The average Bonchev–Trinajstić information content (AvgIpc) is 3.60. The molecule has 0 saturated carbocycles. The highest BCUT2D eigenvalue weighted by Gasteiger charge is 2.15. The third-order valence-corrected chi connectivity index (χ3v) is 10.8. The summed E-state index contributed by atoms with van der Waals surface area (Å²) in [5.41, 5.74) is 8.72. The number of non-ortho nitro benzene ring substituents is 1. The first kappa shape index (κ1) is 41.0. The Hall–Kier alpha value is -4.72. The fraction of sp³-hybridized carbons (Fsp3) is 0.154. The van der Waals surface area contributed by atoms with Crippen LogP contribution in [0, 0.1) is 10.1 Å². The number of nitrogens with two attached hydrogens (primary N) is 1. The van der Waals surface area contributed by atoms with Crippen molar-refractivity contribution in [3.8, 4) is 11.5 Å². The summed E-state index contributed by atoms with van der Waals surface area (Å²) in [6.07, 6.45) is 0.779. The topological polar surface area (TPSA) is 161 Å². The number of nitrogens with zero attached hydrogens (tertiary/aromatic N) is 2. The number of rotatable bonds is 9. The van der Waals surface area contributed by atoms with Gasteiger partial charge in [0.25, 0.3) is 5.69 Å². The number of aromatic amines is 1. The molecule has 7 rings (SSSR count). The lowest BCUT2D eigenvalue weighted by Gasteiger charge is -2.09. The van der Waals surface area contributed by atoms with Crippen molar-refractivity contribution in [2.75, 3.05) is 29.6 Å². The van der Waals surface area contributed by atoms with E-state index in [-0.39, 0.29) is 16.6 Å². The van der Waals surface area contributed by atoms with Crippen LogP contribution in [-0.4, -0.2) is 58.2 Å². The third-order valence-electron chi connectivity index (χ3n) is 7.58. The largest absolute Gasteiger partial charge is 0.508 e. The quantitative estimate of drug-likeness (QED) is 0.0736. The average molecular weight is 841 g/mol. The van der Waals surface area contributed by atoms with E-state index >= 15 is 0 Å². The molecule has 0 aliphatic heterocycles. The van der Waals surface area contributed by atoms with Gasteiger partial charge in [-0.25, -0.2) is 8.42 Å². The zero-order chi connectivity index (χ0) is 38.2. The molecule has 1 heterocycles. The number of sulfone groups is 1. The monoisotopic (exact) mass is 838 g/mol. The minimum Gasteiger partial charge on any atom is -0.508 e. The first-order valence-corrected chi connectivity index (χ1v) is 20.0. The lowest BCUT2D eigenvalue weighted by Crippen LogP contribution is -2.10. The number of nitro groups is 1. The predicted molar refractivity (Wildman–Crippen MR) is 219 cm³/mol. The van der Waals surface area contributed by atoms with Crippen molar-refractivity contribution >= 4 is 87.1 Å². The molecule has 0 unspecified atom stereocenters. The maximum absolute atomic E-state index is 11.7. The summed E-state index contributed by atoms with van der Waals surface area (Å²) in [6, 6.07) is 38.5. The fourth-order valence-corrected chi connectivity index (χ4v) is 6.56. The van der Waals surface area contributed by atoms with Crippen molar-refractivity contribution in [3.63, 3.8) is 0 Å². The highest BCUT2D eigenvalue weighted by atomic mass is 79.9. The molecule has 0 bridgehead atoms. The summed E-state index contributed by atoms with van der Waals surface area (Å²) in [5.74, 6) is 1.45. The molecule has 0 aliphatic rings. The number of hydrogen-bond acceptors (Lipinski definition) is 8. The molecule has 0 atom stereocenters. The molecule has 0 amide bonds. The van der Waals surface area contributed by atoms with Gasteiger partial charge in [0.2, 0.25) is 0 Å². The molecule has 4 N–H and O–H groups in total. The molecular weight excluding hydrogens is 803 g/mol. The molecule has 0 radical (unpaired) electrons. The Morgan fingerprint density at radius 1 is 0.849 bits per heavy atom. The van der Waals surface area contributed by atoms with Crippen LogP contribution in [0.3, 0.4) is 0 Å². The summed E-state index contributed by atoms with van der Waals surface area (Å²) >= 11 is 13.7. The summed E-state index contributed by atoms with van der Waals surface area (Å²) in [5, 5.41) is 32.1. The van der Waals surface area contributed by atoms with Gasteiger partial charge in [0.1, 0.15) is 23.3 Å². The second-order valence-corrected chi connectivity index (χ2v) is 14.9. The van der Waals surface area contributed by atoms with Gasteiger partial charge in [0.15, 0.2) is 9.84 Å². The Labute approximate surface area is 325 Å². The number of benzene rings is 6. The second kappa shape index (κ2) is 20.5. The van der Waals surface area contributed by atoms with E-state index in [1.807, 2.05) is 42.5 Å². The van der Waals surface area contributed by atoms with E-state index in [4.69, 9.17) is 38.8 Å². The number of halogens is 3. The molecule has 0 saturated heterocycles. The molecule has 0 spiro atoms. The molecular formula is C39H37BrCl2N4O6S. The zero-order valence-electron chi connectivity index (χ0n) is 28.4. The van der Waals surface area contributed by atoms with Crippen LogP contribution < -0.4 is 10.5 Å². The van der Waals surface area contributed by atoms with Crippen LogP contribution in [-0.2, 0) is 16.3 Å². The van der Waals surface area contributed by atoms with E-state index in [9.17, 15) is 18.5 Å². The number of H-pyrrole nitrogens is 1. The number of fused-ring (bicyclic) bond motifs is 3. The minimum absolute atomic E-state index is 0.0887. The molecule has 53 heavy (non-hydrogen) atoms. The maximum atomic E-state index is 11.7. The van der Waals surface area contributed by atoms with Crippen LogP contribution in [0.15, 0.2) is 132 Å². The fourth-order valence-electron chi connectivity index (χ4n) is 5.29. The number of phenolic OH excluding ortho intramolecular Hbond substituents is 1. The number of aromatic hydroxyl groups is 1. The Morgan fingerprint density at radius 3 is 2.08 bits per heavy atom. The van der Waals surface area contributed by atoms with E-state index in [0.717, 1.165) is 50.9 Å². The van der Waals surface area contributed by atoms with Crippen molar-refractivity contribution in [1.29, 1.82) is 0 Å². The van der Waals surface area contributed by atoms with E-state index < -0.39 is 14.8 Å². The van der Waals surface area contributed by atoms with Gasteiger partial charge in [-0.3, -0.25) is 15.2 Å². The summed E-state index contributed by atoms with van der Waals surface area (Å²) in [7, 11) is -3.36. The van der Waals surface area contributed by atoms with Gasteiger partial charge in [-0.2, -0.15) is 5.10 Å². The molecule has 6 aromatic carbocycles. The van der Waals surface area contributed by atoms with Gasteiger partial charge in [-0.1, -0.05) is 107 Å². The number of aromatic nitrogens is 2. The van der Waals surface area contributed by atoms with Crippen molar-refractivity contribution < 1.29 is 23.2 Å². The van der Waals surface area contributed by atoms with Crippen LogP contribution >= 0.6 is 39.1 Å². The lowest BCUT2D eigenvalue weighted by atomic mass is 9.99. The number of phenols is 1. The van der Waals surface area contributed by atoms with Gasteiger partial charge in [-0.05, 0) is 46.0 Å². The zero-order valence-corrected chi connectivity index (χ0v) is 32.3. The van der Waals surface area contributed by atoms with Crippen molar-refractivity contribution in [3.05, 3.63) is 149 Å². The Morgan fingerprint density at radius 2 is 1.45 bits per heavy atom. The first-order chi connectivity index (χ1) is 25.6. The third kappa shape index (κ3) is 11.4. The van der Waals surface area contributed by atoms with Crippen LogP contribution in [0.5, 0.6) is 11.5 Å². The Balaban J connectivity index is 0.000000184. The van der Waals surface area contributed by atoms with Gasteiger partial charge in [-0.15, -0.1) is 23.2 Å². The first-order valence-electron chi connectivity index (χ1n) is 16.2. The predicted octanol–water partition coefficient (Wildman–Crippen LogP) is 9.37. The number of nitro benzene ring substituents is 1. The lowest BCUT2D eigenvalue weighted by molar-refractivity contribution is -0.384. The highest BCUT2D eigenvalue weighted by Crippen LogP contribution is 2.30. The minimum atomic E-state index is -3.36. The van der Waals surface area contributed by atoms with Crippen molar-refractivity contribution in [2.24, 2.45) is 5.73 Å². The summed E-state index contributed by atoms with van der Waals surface area (Å²) in [6.45, 7) is 0.991. The second-order valence-electron chi connectivity index (χ2n) is 11.2. The van der Waals surface area contributed by atoms with Gasteiger partial charge in [0.05, 0.1) is 32.5 Å². The van der Waals surface area contributed by atoms with E-state index in [0.29, 0.717) is 23.9 Å². The Bertz CT molecular complexity index is 2360. The standard InChI is InChI=1S/C20H19N3O.C11H9ClO2S.C6H5NO3.C2H4BrCl/c21-11-12-24-19-10-4-9-17-20(19)18(23-22-17)13-15-7-3-6-14-5-1-2-8-16(14)15;12-8-15(13,14)11-7-3-5-9-4-1-2-6-10(9)11;8-6-3-1-2-5(4-6)7(9)10;3-1-2-4/h1-10H,11-13,21H2,(H,22,23);1-7H,8H2;1-4,8H;1-2H2. The van der Waals surface area contributed by atoms with Gasteiger partial charge < -0.3 is 15.6 Å². The normalized spacial score (nSPS) is 10.7.